The smallest absolute Gasteiger partial charge is 0.340 e. The Morgan fingerprint density at radius 2 is 1.19 bits per heavy atom. The van der Waals surface area contributed by atoms with E-state index >= 15 is 0 Å². The zero-order valence-corrected chi connectivity index (χ0v) is 25.8. The summed E-state index contributed by atoms with van der Waals surface area (Å²) in [7, 11) is -3.45. The number of ether oxygens (including phenoxy) is 5. The lowest BCUT2D eigenvalue weighted by Crippen LogP contribution is -2.65. The Morgan fingerprint density at radius 3 is 1.64 bits per heavy atom. The minimum atomic E-state index is -4.62. The highest BCUT2D eigenvalue weighted by atomic mass is 32.2. The molecule has 0 radical (unpaired) electrons. The predicted octanol–water partition coefficient (Wildman–Crippen LogP) is 2.32. The Morgan fingerprint density at radius 1 is 0.723 bits per heavy atom. The number of esters is 3. The molecule has 14 nitrogen and oxygen atoms in total. The number of pyridine rings is 3. The van der Waals surface area contributed by atoms with Gasteiger partial charge in [-0.15, -0.1) is 0 Å². The Hall–Kier alpha value is -5.09. The highest BCUT2D eigenvalue weighted by Crippen LogP contribution is 2.35. The quantitative estimate of drug-likeness (QED) is 0.192. The number of carbonyl (C=O) groups is 3. The van der Waals surface area contributed by atoms with Crippen molar-refractivity contribution in [3.63, 3.8) is 0 Å². The number of hydrogen-bond donors (Lipinski definition) is 1. The first-order chi connectivity index (χ1) is 22.6. The number of sulfone groups is 1. The molecule has 0 amide bonds. The third-order valence-electron chi connectivity index (χ3n) is 7.18. The van der Waals surface area contributed by atoms with Crippen LogP contribution in [0.3, 0.4) is 0 Å². The second-order valence-electron chi connectivity index (χ2n) is 10.2. The van der Waals surface area contributed by atoms with Crippen LogP contribution in [0.1, 0.15) is 36.6 Å². The van der Waals surface area contributed by atoms with E-state index in [1.165, 1.54) is 98.7 Å². The fourth-order valence-electron chi connectivity index (χ4n) is 4.86. The average molecular weight is 664 g/mol. The molecule has 1 N–H and O–H groups in total. The Bertz CT molecular complexity index is 1810. The van der Waals surface area contributed by atoms with Gasteiger partial charge in [0.05, 0.1) is 21.6 Å². The molecule has 3 aromatic heterocycles. The van der Waals surface area contributed by atoms with E-state index in [-0.39, 0.29) is 21.6 Å². The van der Waals surface area contributed by atoms with Gasteiger partial charge < -0.3 is 28.8 Å². The molecule has 244 valence electrons. The summed E-state index contributed by atoms with van der Waals surface area (Å²) in [6, 6.07) is 14.5. The molecule has 1 saturated heterocycles. The predicted molar refractivity (Wildman–Crippen MR) is 160 cm³/mol. The monoisotopic (exact) mass is 663 g/mol. The maximum Gasteiger partial charge on any atom is 0.340 e. The molecule has 0 saturated carbocycles. The average Bonchev–Trinajstić information content (AvgIpc) is 3.10. The molecule has 1 fully saturated rings. The molecule has 15 heteroatoms. The van der Waals surface area contributed by atoms with E-state index in [1.807, 2.05) is 0 Å². The number of aliphatic hydroxyl groups excluding tert-OH is 1. The standard InChI is InChI=1S/C32H29N3O11S/c1-19-8-3-4-12-23(19)47(40,41)31(39)26-24(43-28(36)20-9-5-13-33-16-20)25(44-29(37)21-10-6-14-34-17-21)27(32(42-2)46-26)45-30(38)22-11-7-15-35-18-22/h3-18,24-27,31-32,39H,1-2H3/t24-,25-,26-,27+,31?,32-/m0/s1. The fraction of sp³-hybridized carbons (Fsp3) is 0.250. The first-order valence-electron chi connectivity index (χ1n) is 14.1. The van der Waals surface area contributed by atoms with Crippen molar-refractivity contribution >= 4 is 27.7 Å². The molecule has 1 aromatic carbocycles. The van der Waals surface area contributed by atoms with Crippen molar-refractivity contribution in [3.05, 3.63) is 120 Å². The van der Waals surface area contributed by atoms with Gasteiger partial charge in [-0.25, -0.2) is 22.8 Å². The topological polar surface area (TPSA) is 190 Å². The van der Waals surface area contributed by atoms with Crippen LogP contribution >= 0.6 is 0 Å². The first kappa shape index (κ1) is 33.3. The summed E-state index contributed by atoms with van der Waals surface area (Å²) < 4.78 is 56.3. The molecule has 4 heterocycles. The number of aromatic nitrogens is 3. The van der Waals surface area contributed by atoms with Crippen LogP contribution in [0.5, 0.6) is 0 Å². The second kappa shape index (κ2) is 14.6. The maximum atomic E-state index is 13.8. The summed E-state index contributed by atoms with van der Waals surface area (Å²) >= 11 is 0. The molecule has 0 bridgehead atoms. The number of methoxy groups -OCH3 is 1. The van der Waals surface area contributed by atoms with E-state index in [9.17, 15) is 27.9 Å². The summed E-state index contributed by atoms with van der Waals surface area (Å²) in [5.41, 5.74) is -2.17. The summed E-state index contributed by atoms with van der Waals surface area (Å²) in [6.45, 7) is 1.53. The SMILES string of the molecule is CO[C@H]1O[C@H](C(O)S(=O)(=O)c2ccccc2C)[C@@H](OC(=O)c2cccnc2)[C@H](OC(=O)c2cccnc2)[C@H]1OC(=O)c1cccnc1. The number of nitrogens with zero attached hydrogens (tertiary/aromatic N) is 3. The number of hydrogen-bond acceptors (Lipinski definition) is 14. The third-order valence-corrected chi connectivity index (χ3v) is 9.16. The van der Waals surface area contributed by atoms with Crippen LogP contribution in [0.25, 0.3) is 0 Å². The van der Waals surface area contributed by atoms with Gasteiger partial charge >= 0.3 is 17.9 Å². The fourth-order valence-corrected chi connectivity index (χ4v) is 6.47. The molecule has 47 heavy (non-hydrogen) atoms. The molecule has 1 aliphatic heterocycles. The van der Waals surface area contributed by atoms with Gasteiger partial charge in [-0.1, -0.05) is 18.2 Å². The van der Waals surface area contributed by atoms with E-state index in [4.69, 9.17) is 23.7 Å². The normalized spacial score (nSPS) is 21.6. The van der Waals surface area contributed by atoms with Gasteiger partial charge in [0.15, 0.2) is 30.0 Å². The van der Waals surface area contributed by atoms with Crippen LogP contribution in [0.2, 0.25) is 0 Å². The van der Waals surface area contributed by atoms with E-state index in [1.54, 1.807) is 6.07 Å². The zero-order chi connectivity index (χ0) is 33.6. The molecule has 0 spiro atoms. The van der Waals surface area contributed by atoms with Crippen LogP contribution in [0.4, 0.5) is 0 Å². The van der Waals surface area contributed by atoms with Crippen molar-refractivity contribution in [2.75, 3.05) is 7.11 Å². The van der Waals surface area contributed by atoms with Gasteiger partial charge in [0.1, 0.15) is 6.10 Å². The molecule has 1 aliphatic rings. The van der Waals surface area contributed by atoms with Crippen molar-refractivity contribution in [2.45, 2.75) is 48.0 Å². The number of carbonyl (C=O) groups excluding carboxylic acids is 3. The lowest BCUT2D eigenvalue weighted by molar-refractivity contribution is -0.295. The molecule has 5 rings (SSSR count). The molecule has 0 aliphatic carbocycles. The van der Waals surface area contributed by atoms with Crippen LogP contribution in [0, 0.1) is 6.92 Å². The van der Waals surface area contributed by atoms with Crippen molar-refractivity contribution in [1.29, 1.82) is 0 Å². The van der Waals surface area contributed by atoms with Gasteiger partial charge in [-0.3, -0.25) is 15.0 Å². The minimum Gasteiger partial charge on any atom is -0.452 e. The molecular formula is C32H29N3O11S. The van der Waals surface area contributed by atoms with Crippen LogP contribution < -0.4 is 0 Å². The Kier molecular flexibility index (Phi) is 10.3. The highest BCUT2D eigenvalue weighted by Gasteiger charge is 2.57. The van der Waals surface area contributed by atoms with Crippen molar-refractivity contribution in [2.24, 2.45) is 0 Å². The lowest BCUT2D eigenvalue weighted by atomic mass is 9.97. The maximum absolute atomic E-state index is 13.8. The van der Waals surface area contributed by atoms with Crippen LogP contribution in [-0.4, -0.2) is 89.6 Å². The number of aliphatic hydroxyl groups is 1. The van der Waals surface area contributed by atoms with Gasteiger partial charge in [-0.05, 0) is 55.0 Å². The van der Waals surface area contributed by atoms with Crippen LogP contribution in [-0.2, 0) is 33.5 Å². The van der Waals surface area contributed by atoms with Crippen LogP contribution in [0.15, 0.2) is 103 Å². The van der Waals surface area contributed by atoms with Crippen molar-refractivity contribution < 1.29 is 51.6 Å². The lowest BCUT2D eigenvalue weighted by Gasteiger charge is -2.45. The van der Waals surface area contributed by atoms with Gasteiger partial charge in [0.25, 0.3) is 0 Å². The Labute approximate surface area is 269 Å². The van der Waals surface area contributed by atoms with E-state index in [0.29, 0.717) is 5.56 Å². The second-order valence-corrected chi connectivity index (χ2v) is 12.3. The molecule has 4 aromatic rings. The largest absolute Gasteiger partial charge is 0.452 e. The Balaban J connectivity index is 1.61. The van der Waals surface area contributed by atoms with Crippen molar-refractivity contribution in [3.8, 4) is 0 Å². The van der Waals surface area contributed by atoms with E-state index in [0.717, 1.165) is 7.11 Å². The zero-order valence-electron chi connectivity index (χ0n) is 25.0. The minimum absolute atomic E-state index is 0.00730. The van der Waals surface area contributed by atoms with Crippen molar-refractivity contribution in [1.82, 2.24) is 15.0 Å². The first-order valence-corrected chi connectivity index (χ1v) is 15.7. The third kappa shape index (κ3) is 7.33. The summed E-state index contributed by atoms with van der Waals surface area (Å²) in [5.74, 6) is -2.98. The highest BCUT2D eigenvalue weighted by molar-refractivity contribution is 7.92. The number of rotatable bonds is 10. The van der Waals surface area contributed by atoms with Gasteiger partial charge in [-0.2, -0.15) is 0 Å². The molecule has 6 atom stereocenters. The summed E-state index contributed by atoms with van der Waals surface area (Å²) in [6.07, 6.45) is -1.03. The van der Waals surface area contributed by atoms with E-state index < -0.39 is 63.9 Å². The number of aryl methyl sites for hydroxylation is 1. The van der Waals surface area contributed by atoms with E-state index in [2.05, 4.69) is 15.0 Å². The molecular weight excluding hydrogens is 634 g/mol. The van der Waals surface area contributed by atoms with Gasteiger partial charge in [0, 0.05) is 44.3 Å². The molecule has 1 unspecified atom stereocenters. The summed E-state index contributed by atoms with van der Waals surface area (Å²) in [4.78, 5) is 51.6. The summed E-state index contributed by atoms with van der Waals surface area (Å²) in [5, 5.41) is 11.5. The number of benzene rings is 1. The van der Waals surface area contributed by atoms with Gasteiger partial charge in [0.2, 0.25) is 9.84 Å².